The van der Waals surface area contributed by atoms with Gasteiger partial charge in [0, 0.05) is 48.3 Å². The number of amides is 2. The van der Waals surface area contributed by atoms with Gasteiger partial charge in [-0.2, -0.15) is 4.37 Å². The van der Waals surface area contributed by atoms with Crippen molar-refractivity contribution in [3.05, 3.63) is 39.4 Å². The van der Waals surface area contributed by atoms with E-state index < -0.39 is 12.0 Å². The second-order valence-electron chi connectivity index (χ2n) is 7.40. The second-order valence-corrected chi connectivity index (χ2v) is 9.02. The van der Waals surface area contributed by atoms with Crippen LogP contribution < -0.4 is 15.4 Å². The Kier molecular flexibility index (Phi) is 8.94. The number of nitrogens with one attached hydrogen (secondary N) is 2. The molecule has 32 heavy (non-hydrogen) atoms. The minimum absolute atomic E-state index is 0.0126. The first-order valence-corrected chi connectivity index (χ1v) is 11.6. The number of halogens is 2. The highest BCUT2D eigenvalue weighted by Crippen LogP contribution is 2.32. The number of hydrogen-bond acceptors (Lipinski definition) is 7. The molecule has 0 aliphatic carbocycles. The molecule has 2 amide bonds. The van der Waals surface area contributed by atoms with Gasteiger partial charge < -0.3 is 25.0 Å². The molecule has 1 fully saturated rings. The summed E-state index contributed by atoms with van der Waals surface area (Å²) in [5, 5.41) is 15.9. The molecule has 1 saturated heterocycles. The summed E-state index contributed by atoms with van der Waals surface area (Å²) in [6, 6.07) is 4.41. The monoisotopic (exact) mass is 501 g/mol. The first-order chi connectivity index (χ1) is 15.3. The zero-order chi connectivity index (χ0) is 23.1. The maximum atomic E-state index is 12.2. The number of urea groups is 1. The third kappa shape index (κ3) is 6.94. The van der Waals surface area contributed by atoms with Crippen LogP contribution in [0.4, 0.5) is 9.80 Å². The van der Waals surface area contributed by atoms with Crippen LogP contribution in [0.2, 0.25) is 10.0 Å². The predicted octanol–water partition coefficient (Wildman–Crippen LogP) is 3.49. The SMILES string of the molecule is CN1CCN(CCCNC(=O)Nc2snc(OCc3cc(Cl)ccc3Cl)c2C(=O)O)CC1. The molecule has 1 aromatic heterocycles. The standard InChI is InChI=1S/C20H25Cl2N5O4S/c1-26-7-9-27(10-8-26)6-2-5-23-20(30)24-18-16(19(28)29)17(25-32-18)31-12-13-11-14(21)3-4-15(13)22/h3-4,11H,2,5-10,12H2,1H3,(H,28,29)(H2,23,24,30). The molecule has 3 rings (SSSR count). The van der Waals surface area contributed by atoms with Gasteiger partial charge in [0.1, 0.15) is 11.6 Å². The van der Waals surface area contributed by atoms with Crippen LogP contribution in [0.15, 0.2) is 18.2 Å². The van der Waals surface area contributed by atoms with E-state index in [4.69, 9.17) is 27.9 Å². The van der Waals surface area contributed by atoms with Crippen LogP contribution >= 0.6 is 34.7 Å². The molecule has 1 aromatic carbocycles. The Hall–Kier alpha value is -2.11. The number of carboxylic acids is 1. The molecule has 1 aliphatic rings. The zero-order valence-corrected chi connectivity index (χ0v) is 19.9. The summed E-state index contributed by atoms with van der Waals surface area (Å²) in [6.45, 7) is 5.51. The largest absolute Gasteiger partial charge is 0.477 e. The Bertz CT molecular complexity index is 950. The van der Waals surface area contributed by atoms with E-state index in [0.29, 0.717) is 22.2 Å². The Balaban J connectivity index is 1.50. The molecule has 0 spiro atoms. The van der Waals surface area contributed by atoms with E-state index in [1.54, 1.807) is 18.2 Å². The van der Waals surface area contributed by atoms with Crippen molar-refractivity contribution in [2.45, 2.75) is 13.0 Å². The van der Waals surface area contributed by atoms with Crippen LogP contribution in [0.3, 0.4) is 0 Å². The highest BCUT2D eigenvalue weighted by molar-refractivity contribution is 7.11. The number of aromatic carboxylic acids is 1. The molecule has 3 N–H and O–H groups in total. The van der Waals surface area contributed by atoms with E-state index in [-0.39, 0.29) is 23.1 Å². The second kappa shape index (κ2) is 11.7. The minimum atomic E-state index is -1.25. The Morgan fingerprint density at radius 1 is 1.25 bits per heavy atom. The highest BCUT2D eigenvalue weighted by Gasteiger charge is 2.23. The lowest BCUT2D eigenvalue weighted by atomic mass is 10.2. The summed E-state index contributed by atoms with van der Waals surface area (Å²) in [4.78, 5) is 28.6. The number of carboxylic acid groups (broad SMARTS) is 1. The van der Waals surface area contributed by atoms with Crippen molar-refractivity contribution in [3.63, 3.8) is 0 Å². The van der Waals surface area contributed by atoms with E-state index in [1.165, 1.54) is 0 Å². The number of benzene rings is 1. The average molecular weight is 502 g/mol. The lowest BCUT2D eigenvalue weighted by Gasteiger charge is -2.32. The summed E-state index contributed by atoms with van der Waals surface area (Å²) < 4.78 is 9.58. The number of likely N-dealkylation sites (N-methyl/N-ethyl adjacent to an activating group) is 1. The molecule has 9 nitrogen and oxygen atoms in total. The summed E-state index contributed by atoms with van der Waals surface area (Å²) in [6.07, 6.45) is 0.806. The van der Waals surface area contributed by atoms with Gasteiger partial charge in [-0.25, -0.2) is 9.59 Å². The molecule has 2 aromatic rings. The van der Waals surface area contributed by atoms with Crippen molar-refractivity contribution in [1.29, 1.82) is 0 Å². The average Bonchev–Trinajstić information content (AvgIpc) is 3.15. The summed E-state index contributed by atoms with van der Waals surface area (Å²) >= 11 is 12.9. The number of carbonyl (C=O) groups is 2. The summed E-state index contributed by atoms with van der Waals surface area (Å²) in [5.41, 5.74) is 0.386. The third-order valence-corrected chi connectivity index (χ3v) is 6.36. The molecular weight excluding hydrogens is 477 g/mol. The quantitative estimate of drug-likeness (QED) is 0.451. The molecule has 0 unspecified atom stereocenters. The van der Waals surface area contributed by atoms with Gasteiger partial charge in [-0.05, 0) is 49.7 Å². The van der Waals surface area contributed by atoms with E-state index in [0.717, 1.165) is 50.7 Å². The van der Waals surface area contributed by atoms with Crippen molar-refractivity contribution in [1.82, 2.24) is 19.5 Å². The number of piperazine rings is 1. The van der Waals surface area contributed by atoms with Gasteiger partial charge in [-0.3, -0.25) is 5.32 Å². The Morgan fingerprint density at radius 3 is 2.72 bits per heavy atom. The summed E-state index contributed by atoms with van der Waals surface area (Å²) in [7, 11) is 2.11. The molecule has 0 atom stereocenters. The van der Waals surface area contributed by atoms with Crippen molar-refractivity contribution in [3.8, 4) is 5.88 Å². The fourth-order valence-corrected chi connectivity index (χ4v) is 4.26. The smallest absolute Gasteiger partial charge is 0.344 e. The van der Waals surface area contributed by atoms with Gasteiger partial charge in [-0.1, -0.05) is 23.2 Å². The Labute approximate surface area is 200 Å². The maximum Gasteiger partial charge on any atom is 0.344 e. The number of nitrogens with zero attached hydrogens (tertiary/aromatic N) is 3. The summed E-state index contributed by atoms with van der Waals surface area (Å²) in [5.74, 6) is -1.35. The van der Waals surface area contributed by atoms with Crippen molar-refractivity contribution < 1.29 is 19.4 Å². The van der Waals surface area contributed by atoms with Crippen LogP contribution in [-0.2, 0) is 6.61 Å². The van der Waals surface area contributed by atoms with Crippen LogP contribution in [0.5, 0.6) is 5.88 Å². The highest BCUT2D eigenvalue weighted by atomic mass is 35.5. The van der Waals surface area contributed by atoms with Gasteiger partial charge in [0.05, 0.1) is 0 Å². The number of carbonyl (C=O) groups excluding carboxylic acids is 1. The molecule has 12 heteroatoms. The predicted molar refractivity (Wildman–Crippen MR) is 125 cm³/mol. The Morgan fingerprint density at radius 2 is 2.00 bits per heavy atom. The number of anilines is 1. The maximum absolute atomic E-state index is 12.2. The number of rotatable bonds is 9. The third-order valence-electron chi connectivity index (χ3n) is 5.01. The van der Waals surface area contributed by atoms with E-state index in [2.05, 4.69) is 31.9 Å². The molecule has 0 radical (unpaired) electrons. The van der Waals surface area contributed by atoms with Crippen LogP contribution in [-0.4, -0.2) is 77.6 Å². The molecular formula is C20H25Cl2N5O4S. The van der Waals surface area contributed by atoms with E-state index in [9.17, 15) is 14.7 Å². The fraction of sp³-hybridized carbons (Fsp3) is 0.450. The van der Waals surface area contributed by atoms with Gasteiger partial charge in [0.2, 0.25) is 5.88 Å². The fourth-order valence-electron chi connectivity index (χ4n) is 3.17. The first kappa shape index (κ1) is 24.5. The van der Waals surface area contributed by atoms with Crippen LogP contribution in [0.1, 0.15) is 22.3 Å². The number of ether oxygens (including phenoxy) is 1. The van der Waals surface area contributed by atoms with E-state index >= 15 is 0 Å². The molecule has 0 bridgehead atoms. The molecule has 174 valence electrons. The molecule has 1 aliphatic heterocycles. The molecule has 0 saturated carbocycles. The normalized spacial score (nSPS) is 14.8. The minimum Gasteiger partial charge on any atom is -0.477 e. The first-order valence-electron chi connectivity index (χ1n) is 10.1. The number of aromatic nitrogens is 1. The lowest BCUT2D eigenvalue weighted by molar-refractivity contribution is 0.0693. The van der Waals surface area contributed by atoms with Crippen LogP contribution in [0, 0.1) is 0 Å². The van der Waals surface area contributed by atoms with Crippen LogP contribution in [0.25, 0.3) is 0 Å². The topological polar surface area (TPSA) is 107 Å². The van der Waals surface area contributed by atoms with E-state index in [1.807, 2.05) is 0 Å². The van der Waals surface area contributed by atoms with Crippen molar-refractivity contribution >= 4 is 51.7 Å². The van der Waals surface area contributed by atoms with Gasteiger partial charge >= 0.3 is 12.0 Å². The van der Waals surface area contributed by atoms with Crippen molar-refractivity contribution in [2.75, 3.05) is 51.6 Å². The lowest BCUT2D eigenvalue weighted by Crippen LogP contribution is -2.45. The van der Waals surface area contributed by atoms with Crippen molar-refractivity contribution in [2.24, 2.45) is 0 Å². The number of hydrogen-bond donors (Lipinski definition) is 3. The van der Waals surface area contributed by atoms with Gasteiger partial charge in [0.15, 0.2) is 5.56 Å². The molecule has 2 heterocycles. The van der Waals surface area contributed by atoms with Gasteiger partial charge in [0.25, 0.3) is 0 Å². The zero-order valence-electron chi connectivity index (χ0n) is 17.6. The van der Waals surface area contributed by atoms with Gasteiger partial charge in [-0.15, -0.1) is 0 Å².